The molecule has 0 bridgehead atoms. The summed E-state index contributed by atoms with van der Waals surface area (Å²) in [4.78, 5) is 0. The zero-order chi connectivity index (χ0) is 8.81. The monoisotopic (exact) mass is 180 g/mol. The molecule has 0 aromatic heterocycles. The van der Waals surface area contributed by atoms with Crippen LogP contribution in [0.3, 0.4) is 0 Å². The third-order valence-electron chi connectivity index (χ3n) is 3.14. The van der Waals surface area contributed by atoms with Crippen LogP contribution in [0.25, 0.3) is 0 Å². The average molecular weight is 180 g/mol. The van der Waals surface area contributed by atoms with Gasteiger partial charge in [-0.2, -0.15) is 0 Å². The van der Waals surface area contributed by atoms with Crippen LogP contribution in [0, 0.1) is 5.41 Å². The van der Waals surface area contributed by atoms with Crippen LogP contribution in [0.4, 0.5) is 0 Å². The summed E-state index contributed by atoms with van der Waals surface area (Å²) in [5.41, 5.74) is 4.92. The Labute approximate surface area is 84.3 Å². The standard InChI is InChI=1S/C10H15.Sc/c1-7-6-10(4,5)9(3)8(7)2;/h1-5H3;. The molecule has 1 heteroatoms. The molecule has 0 aromatic carbocycles. The first kappa shape index (κ1) is 9.44. The summed E-state index contributed by atoms with van der Waals surface area (Å²) in [6.45, 7) is 11.4. The molecule has 1 aliphatic carbocycles. The molecule has 0 atom stereocenters. The third-order valence-corrected chi connectivity index (χ3v) is 4.94. The normalized spacial score (nSPS) is 23.3. The maximum atomic E-state index is 2.32. The van der Waals surface area contributed by atoms with Gasteiger partial charge in [0.2, 0.25) is 0 Å². The van der Waals surface area contributed by atoms with Gasteiger partial charge in [0.25, 0.3) is 0 Å². The molecular formula is C10H15Sc. The second kappa shape index (κ2) is 2.69. The van der Waals surface area contributed by atoms with Gasteiger partial charge in [0, 0.05) is 0 Å². The van der Waals surface area contributed by atoms with E-state index in [1.807, 2.05) is 0 Å². The fraction of sp³-hybridized carbons (Fsp3) is 0.600. The Bertz CT molecular complexity index is 228. The van der Waals surface area contributed by atoms with Gasteiger partial charge < -0.3 is 0 Å². The molecule has 0 fully saturated rings. The van der Waals surface area contributed by atoms with Gasteiger partial charge in [0.1, 0.15) is 0 Å². The Kier molecular flexibility index (Phi) is 2.31. The molecule has 58 valence electrons. The van der Waals surface area contributed by atoms with Crippen LogP contribution in [0.15, 0.2) is 20.0 Å². The minimum absolute atomic E-state index is 0.341. The fourth-order valence-electron chi connectivity index (χ4n) is 1.62. The van der Waals surface area contributed by atoms with E-state index in [1.165, 1.54) is 11.1 Å². The van der Waals surface area contributed by atoms with Crippen LogP contribution in [-0.4, -0.2) is 0 Å². The number of rotatable bonds is 0. The summed E-state index contributed by atoms with van der Waals surface area (Å²) in [5.74, 6) is 0. The molecule has 1 aliphatic rings. The Morgan fingerprint density at radius 1 is 1.00 bits per heavy atom. The molecule has 0 heterocycles. The summed E-state index contributed by atoms with van der Waals surface area (Å²) < 4.78 is 1.60. The summed E-state index contributed by atoms with van der Waals surface area (Å²) in [6, 6.07) is 0. The van der Waals surface area contributed by atoms with Crippen molar-refractivity contribution in [2.75, 3.05) is 0 Å². The van der Waals surface area contributed by atoms with Crippen molar-refractivity contribution in [3.8, 4) is 0 Å². The molecule has 0 nitrogen and oxygen atoms in total. The van der Waals surface area contributed by atoms with Gasteiger partial charge in [-0.3, -0.25) is 0 Å². The van der Waals surface area contributed by atoms with Crippen molar-refractivity contribution in [3.63, 3.8) is 0 Å². The average Bonchev–Trinajstić information content (AvgIpc) is 2.06. The Morgan fingerprint density at radius 2 is 1.45 bits per heavy atom. The number of hydrogen-bond donors (Lipinski definition) is 0. The van der Waals surface area contributed by atoms with Gasteiger partial charge >= 0.3 is 84.5 Å². The van der Waals surface area contributed by atoms with Crippen LogP contribution >= 0.6 is 0 Å². The van der Waals surface area contributed by atoms with Gasteiger partial charge in [-0.1, -0.05) is 0 Å². The quantitative estimate of drug-likeness (QED) is 0.537. The first-order valence-corrected chi connectivity index (χ1v) is 4.94. The van der Waals surface area contributed by atoms with E-state index in [9.17, 15) is 0 Å². The Balaban J connectivity index is 3.27. The predicted molar refractivity (Wildman–Crippen MR) is 44.9 cm³/mol. The molecule has 0 saturated heterocycles. The molecule has 0 spiro atoms. The first-order valence-electron chi connectivity index (χ1n) is 4.04. The molecular weight excluding hydrogens is 165 g/mol. The maximum absolute atomic E-state index is 2.32. The molecule has 0 radical (unpaired) electrons. The second-order valence-corrected chi connectivity index (χ2v) is 4.82. The molecule has 0 unspecified atom stereocenters. The molecule has 0 amide bonds. The second-order valence-electron chi connectivity index (χ2n) is 3.91. The van der Waals surface area contributed by atoms with Gasteiger partial charge in [0.15, 0.2) is 0 Å². The van der Waals surface area contributed by atoms with E-state index >= 15 is 0 Å². The third kappa shape index (κ3) is 1.22. The van der Waals surface area contributed by atoms with Crippen molar-refractivity contribution in [2.45, 2.75) is 34.6 Å². The van der Waals surface area contributed by atoms with Crippen LogP contribution in [0.5, 0.6) is 0 Å². The van der Waals surface area contributed by atoms with Gasteiger partial charge in [-0.25, -0.2) is 0 Å². The summed E-state index contributed by atoms with van der Waals surface area (Å²) in [7, 11) is 0. The van der Waals surface area contributed by atoms with Crippen molar-refractivity contribution in [1.82, 2.24) is 0 Å². The van der Waals surface area contributed by atoms with Crippen LogP contribution < -0.4 is 0 Å². The Morgan fingerprint density at radius 3 is 1.55 bits per heavy atom. The zero-order valence-electron chi connectivity index (χ0n) is 8.08. The van der Waals surface area contributed by atoms with Crippen molar-refractivity contribution in [1.29, 1.82) is 0 Å². The van der Waals surface area contributed by atoms with Crippen LogP contribution in [0.1, 0.15) is 34.6 Å². The molecule has 0 N–H and O–H groups in total. The van der Waals surface area contributed by atoms with Gasteiger partial charge in [-0.05, 0) is 0 Å². The summed E-state index contributed by atoms with van der Waals surface area (Å²) >= 11 is 1.78. The van der Waals surface area contributed by atoms with E-state index in [0.29, 0.717) is 5.41 Å². The predicted octanol–water partition coefficient (Wildman–Crippen LogP) is 3.18. The van der Waals surface area contributed by atoms with Gasteiger partial charge in [0.05, 0.1) is 0 Å². The van der Waals surface area contributed by atoms with Crippen molar-refractivity contribution < 1.29 is 24.4 Å². The molecule has 0 aliphatic heterocycles. The number of hydrogen-bond acceptors (Lipinski definition) is 0. The van der Waals surface area contributed by atoms with Gasteiger partial charge in [-0.15, -0.1) is 0 Å². The SMILES string of the molecule is CC1=C(C)C(C)(C)[C]([Sc])=C1C. The van der Waals surface area contributed by atoms with Crippen LogP contribution in [-0.2, 0) is 24.4 Å². The van der Waals surface area contributed by atoms with E-state index in [0.717, 1.165) is 0 Å². The fourth-order valence-corrected chi connectivity index (χ4v) is 2.30. The van der Waals surface area contributed by atoms with E-state index < -0.39 is 0 Å². The zero-order valence-corrected chi connectivity index (χ0v) is 9.88. The van der Waals surface area contributed by atoms with E-state index in [-0.39, 0.29) is 0 Å². The van der Waals surface area contributed by atoms with E-state index in [4.69, 9.17) is 0 Å². The number of allylic oxidation sites excluding steroid dienone is 4. The molecule has 0 saturated carbocycles. The van der Waals surface area contributed by atoms with Crippen molar-refractivity contribution >= 4 is 0 Å². The van der Waals surface area contributed by atoms with Crippen LogP contribution in [0.2, 0.25) is 0 Å². The van der Waals surface area contributed by atoms with E-state index in [1.54, 1.807) is 33.3 Å². The van der Waals surface area contributed by atoms with Crippen molar-refractivity contribution in [3.05, 3.63) is 20.0 Å². The first-order chi connectivity index (χ1) is 4.89. The minimum atomic E-state index is 0.341. The summed E-state index contributed by atoms with van der Waals surface area (Å²) in [5, 5.41) is 0. The molecule has 1 rings (SSSR count). The topological polar surface area (TPSA) is 0 Å². The Hall–Kier alpha value is 0.350. The van der Waals surface area contributed by atoms with E-state index in [2.05, 4.69) is 34.6 Å². The summed E-state index contributed by atoms with van der Waals surface area (Å²) in [6.07, 6.45) is 0. The molecule has 0 aromatic rings. The van der Waals surface area contributed by atoms with Crippen molar-refractivity contribution in [2.24, 2.45) is 5.41 Å². The molecule has 11 heavy (non-hydrogen) atoms.